The molecular weight excluding hydrogens is 270 g/mol. The predicted octanol–water partition coefficient (Wildman–Crippen LogP) is 2.45. The summed E-state index contributed by atoms with van der Waals surface area (Å²) in [7, 11) is 3.22. The minimum Gasteiger partial charge on any atom is -0.493 e. The lowest BCUT2D eigenvalue weighted by Crippen LogP contribution is -2.09. The highest BCUT2D eigenvalue weighted by atomic mass is 16.5. The molecule has 6 heteroatoms. The molecule has 0 atom stereocenters. The summed E-state index contributed by atoms with van der Waals surface area (Å²) in [6, 6.07) is 3.72. The molecule has 0 unspecified atom stereocenters. The molecule has 2 rings (SSSR count). The standard InChI is InChI=1S/C15H23N3O3/c1-4-5-7-21-8-6-18-12-10-14(20-3)13(19-2)9-11(12)17-15(18)16/h9-10H,4-8H2,1-3H3,(H2,16,17). The molecule has 0 amide bonds. The summed E-state index contributed by atoms with van der Waals surface area (Å²) in [6.45, 7) is 4.20. The number of unbranched alkanes of at least 4 members (excludes halogenated alkanes) is 1. The van der Waals surface area contributed by atoms with Gasteiger partial charge in [0, 0.05) is 25.3 Å². The lowest BCUT2D eigenvalue weighted by Gasteiger charge is -2.10. The summed E-state index contributed by atoms with van der Waals surface area (Å²) >= 11 is 0. The van der Waals surface area contributed by atoms with Crippen LogP contribution in [0, 0.1) is 0 Å². The van der Waals surface area contributed by atoms with Gasteiger partial charge < -0.3 is 24.5 Å². The van der Waals surface area contributed by atoms with Crippen molar-refractivity contribution in [1.29, 1.82) is 0 Å². The molecule has 1 heterocycles. The molecule has 0 saturated heterocycles. The molecule has 2 aromatic rings. The van der Waals surface area contributed by atoms with Crippen LogP contribution >= 0.6 is 0 Å². The summed E-state index contributed by atoms with van der Waals surface area (Å²) in [5, 5.41) is 0. The Balaban J connectivity index is 2.20. The molecule has 21 heavy (non-hydrogen) atoms. The Kier molecular flexibility index (Phi) is 5.27. The second-order valence-electron chi connectivity index (χ2n) is 4.78. The summed E-state index contributed by atoms with van der Waals surface area (Å²) < 4.78 is 18.1. The molecule has 6 nitrogen and oxygen atoms in total. The summed E-state index contributed by atoms with van der Waals surface area (Å²) in [5.41, 5.74) is 7.70. The van der Waals surface area contributed by atoms with Crippen LogP contribution in [-0.2, 0) is 11.3 Å². The summed E-state index contributed by atoms with van der Waals surface area (Å²) in [6.07, 6.45) is 2.21. The van der Waals surface area contributed by atoms with E-state index < -0.39 is 0 Å². The number of fused-ring (bicyclic) bond motifs is 1. The molecule has 2 N–H and O–H groups in total. The van der Waals surface area contributed by atoms with E-state index in [0.717, 1.165) is 30.5 Å². The van der Waals surface area contributed by atoms with E-state index in [1.54, 1.807) is 14.2 Å². The number of imidazole rings is 1. The Morgan fingerprint density at radius 2 is 1.86 bits per heavy atom. The van der Waals surface area contributed by atoms with Gasteiger partial charge in [0.05, 0.1) is 31.9 Å². The summed E-state index contributed by atoms with van der Waals surface area (Å²) in [5.74, 6) is 1.78. The first-order valence-electron chi connectivity index (χ1n) is 7.16. The van der Waals surface area contributed by atoms with Gasteiger partial charge in [-0.15, -0.1) is 0 Å². The van der Waals surface area contributed by atoms with Gasteiger partial charge >= 0.3 is 0 Å². The van der Waals surface area contributed by atoms with E-state index >= 15 is 0 Å². The third-order valence-electron chi connectivity index (χ3n) is 3.38. The van der Waals surface area contributed by atoms with E-state index in [9.17, 15) is 0 Å². The van der Waals surface area contributed by atoms with Crippen LogP contribution < -0.4 is 15.2 Å². The Morgan fingerprint density at radius 3 is 2.52 bits per heavy atom. The molecule has 0 spiro atoms. The predicted molar refractivity (Wildman–Crippen MR) is 83.0 cm³/mol. The van der Waals surface area contributed by atoms with Crippen LogP contribution in [0.15, 0.2) is 12.1 Å². The van der Waals surface area contributed by atoms with Gasteiger partial charge in [-0.1, -0.05) is 13.3 Å². The number of nitrogen functional groups attached to an aromatic ring is 1. The average Bonchev–Trinajstić information content (AvgIpc) is 2.80. The number of methoxy groups -OCH3 is 2. The molecule has 0 aliphatic heterocycles. The Morgan fingerprint density at radius 1 is 1.14 bits per heavy atom. The van der Waals surface area contributed by atoms with Crippen molar-refractivity contribution in [3.05, 3.63) is 12.1 Å². The van der Waals surface area contributed by atoms with Crippen molar-refractivity contribution in [3.8, 4) is 11.5 Å². The van der Waals surface area contributed by atoms with Crippen molar-refractivity contribution in [1.82, 2.24) is 9.55 Å². The molecular formula is C15H23N3O3. The maximum Gasteiger partial charge on any atom is 0.201 e. The number of ether oxygens (including phenoxy) is 3. The minimum absolute atomic E-state index is 0.472. The quantitative estimate of drug-likeness (QED) is 0.757. The van der Waals surface area contributed by atoms with Gasteiger partial charge in [-0.05, 0) is 6.42 Å². The zero-order valence-corrected chi connectivity index (χ0v) is 12.9. The normalized spacial score (nSPS) is 11.0. The average molecular weight is 293 g/mol. The van der Waals surface area contributed by atoms with Gasteiger partial charge in [-0.2, -0.15) is 0 Å². The maximum absolute atomic E-state index is 5.99. The molecule has 0 fully saturated rings. The van der Waals surface area contributed by atoms with E-state index in [0.29, 0.717) is 30.6 Å². The second kappa shape index (κ2) is 7.17. The molecule has 0 bridgehead atoms. The zero-order chi connectivity index (χ0) is 15.2. The van der Waals surface area contributed by atoms with Crippen LogP contribution in [0.4, 0.5) is 5.95 Å². The smallest absolute Gasteiger partial charge is 0.201 e. The number of anilines is 1. The third kappa shape index (κ3) is 3.39. The zero-order valence-electron chi connectivity index (χ0n) is 12.9. The fourth-order valence-electron chi connectivity index (χ4n) is 2.21. The first kappa shape index (κ1) is 15.4. The van der Waals surface area contributed by atoms with Crippen molar-refractivity contribution < 1.29 is 14.2 Å². The van der Waals surface area contributed by atoms with Gasteiger partial charge in [0.2, 0.25) is 5.95 Å². The van der Waals surface area contributed by atoms with Crippen LogP contribution in [0.25, 0.3) is 11.0 Å². The number of hydrogen-bond acceptors (Lipinski definition) is 5. The molecule has 0 aliphatic carbocycles. The number of rotatable bonds is 8. The van der Waals surface area contributed by atoms with E-state index in [2.05, 4.69) is 11.9 Å². The van der Waals surface area contributed by atoms with E-state index in [1.165, 1.54) is 0 Å². The van der Waals surface area contributed by atoms with Crippen LogP contribution in [0.3, 0.4) is 0 Å². The van der Waals surface area contributed by atoms with Crippen molar-refractivity contribution in [2.45, 2.75) is 26.3 Å². The molecule has 1 aromatic heterocycles. The van der Waals surface area contributed by atoms with Crippen molar-refractivity contribution in [3.63, 3.8) is 0 Å². The monoisotopic (exact) mass is 293 g/mol. The third-order valence-corrected chi connectivity index (χ3v) is 3.38. The molecule has 0 saturated carbocycles. The van der Waals surface area contributed by atoms with Gasteiger partial charge in [-0.25, -0.2) is 4.98 Å². The number of aromatic nitrogens is 2. The molecule has 0 radical (unpaired) electrons. The number of benzene rings is 1. The Hall–Kier alpha value is -1.95. The number of nitrogens with two attached hydrogens (primary N) is 1. The minimum atomic E-state index is 0.472. The Bertz CT molecular complexity index is 595. The first-order chi connectivity index (χ1) is 10.2. The van der Waals surface area contributed by atoms with Gasteiger partial charge in [0.25, 0.3) is 0 Å². The topological polar surface area (TPSA) is 71.5 Å². The highest BCUT2D eigenvalue weighted by molar-refractivity contribution is 5.82. The van der Waals surface area contributed by atoms with Gasteiger partial charge in [-0.3, -0.25) is 0 Å². The van der Waals surface area contributed by atoms with E-state index in [4.69, 9.17) is 19.9 Å². The van der Waals surface area contributed by atoms with Crippen LogP contribution in [0.2, 0.25) is 0 Å². The first-order valence-corrected chi connectivity index (χ1v) is 7.16. The van der Waals surface area contributed by atoms with Crippen molar-refractivity contribution in [2.75, 3.05) is 33.2 Å². The SMILES string of the molecule is CCCCOCCn1c(N)nc2cc(OC)c(OC)cc21. The Labute approximate surface area is 124 Å². The maximum atomic E-state index is 5.99. The second-order valence-corrected chi connectivity index (χ2v) is 4.78. The fourth-order valence-corrected chi connectivity index (χ4v) is 2.21. The van der Waals surface area contributed by atoms with Crippen LogP contribution in [0.5, 0.6) is 11.5 Å². The van der Waals surface area contributed by atoms with Crippen LogP contribution in [-0.4, -0.2) is 37.0 Å². The highest BCUT2D eigenvalue weighted by Gasteiger charge is 2.13. The molecule has 1 aromatic carbocycles. The lowest BCUT2D eigenvalue weighted by atomic mass is 10.2. The van der Waals surface area contributed by atoms with E-state index in [-0.39, 0.29) is 0 Å². The van der Waals surface area contributed by atoms with Gasteiger partial charge in [0.1, 0.15) is 0 Å². The largest absolute Gasteiger partial charge is 0.493 e. The molecule has 0 aliphatic rings. The number of nitrogens with zero attached hydrogens (tertiary/aromatic N) is 2. The van der Waals surface area contributed by atoms with E-state index in [1.807, 2.05) is 16.7 Å². The summed E-state index contributed by atoms with van der Waals surface area (Å²) in [4.78, 5) is 4.36. The highest BCUT2D eigenvalue weighted by Crippen LogP contribution is 2.32. The van der Waals surface area contributed by atoms with Crippen LogP contribution in [0.1, 0.15) is 19.8 Å². The van der Waals surface area contributed by atoms with Gasteiger partial charge in [0.15, 0.2) is 11.5 Å². The lowest BCUT2D eigenvalue weighted by molar-refractivity contribution is 0.124. The van der Waals surface area contributed by atoms with Crippen molar-refractivity contribution in [2.24, 2.45) is 0 Å². The van der Waals surface area contributed by atoms with Crippen molar-refractivity contribution >= 4 is 17.0 Å². The number of hydrogen-bond donors (Lipinski definition) is 1. The molecule has 116 valence electrons. The fraction of sp³-hybridized carbons (Fsp3) is 0.533.